The van der Waals surface area contributed by atoms with Crippen molar-refractivity contribution in [3.63, 3.8) is 0 Å². The number of benzene rings is 2. The summed E-state index contributed by atoms with van der Waals surface area (Å²) in [6.45, 7) is 0. The number of hydrogen-bond donors (Lipinski definition) is 0. The minimum atomic E-state index is -0.968. The largest absolute Gasteiger partial charge is 0.256 e. The molecule has 0 bridgehead atoms. The van der Waals surface area contributed by atoms with E-state index in [1.165, 1.54) is 0 Å². The Morgan fingerprint density at radius 2 is 1.55 bits per heavy atom. The molecule has 1 unspecified atom stereocenters. The molecule has 1 aromatic heterocycles. The monoisotopic (exact) mass is 327 g/mol. The Kier molecular flexibility index (Phi) is 4.36. The molecule has 22 heavy (non-hydrogen) atoms. The topological polar surface area (TPSA) is 30.0 Å². The van der Waals surface area contributed by atoms with E-state index in [2.05, 4.69) is 4.98 Å². The van der Waals surface area contributed by atoms with Crippen LogP contribution in [0.1, 0.15) is 0 Å². The molecule has 0 spiro atoms. The van der Waals surface area contributed by atoms with Gasteiger partial charge in [0.2, 0.25) is 0 Å². The van der Waals surface area contributed by atoms with Crippen molar-refractivity contribution in [3.8, 4) is 22.4 Å². The lowest BCUT2D eigenvalue weighted by molar-refractivity contribution is 0.687. The Labute approximate surface area is 137 Å². The summed E-state index contributed by atoms with van der Waals surface area (Å²) in [7, 11) is -0.968. The molecule has 3 aromatic rings. The zero-order valence-corrected chi connectivity index (χ0v) is 13.6. The van der Waals surface area contributed by atoms with E-state index in [9.17, 15) is 4.21 Å². The molecule has 110 valence electrons. The fourth-order valence-electron chi connectivity index (χ4n) is 2.30. The number of pyridine rings is 1. The minimum Gasteiger partial charge on any atom is -0.256 e. The van der Waals surface area contributed by atoms with Gasteiger partial charge in [-0.2, -0.15) is 0 Å². The van der Waals surface area contributed by atoms with Crippen molar-refractivity contribution in [2.75, 3.05) is 6.26 Å². The number of aromatic nitrogens is 1. The summed E-state index contributed by atoms with van der Waals surface area (Å²) in [4.78, 5) is 5.33. The van der Waals surface area contributed by atoms with Crippen LogP contribution in [0.25, 0.3) is 22.4 Å². The van der Waals surface area contributed by atoms with Crippen LogP contribution in [-0.2, 0) is 10.8 Å². The van der Waals surface area contributed by atoms with Crippen molar-refractivity contribution < 1.29 is 4.21 Å². The number of rotatable bonds is 3. The van der Waals surface area contributed by atoms with Gasteiger partial charge in [-0.1, -0.05) is 41.9 Å². The summed E-state index contributed by atoms with van der Waals surface area (Å²) in [6.07, 6.45) is 3.46. The molecule has 0 radical (unpaired) electrons. The molecule has 0 amide bonds. The van der Waals surface area contributed by atoms with Gasteiger partial charge in [-0.05, 0) is 35.9 Å². The standard InChI is InChI=1S/C18H14ClNOS/c1-22(21)16-10-6-13(7-11-16)17-3-2-12-20-18(17)14-4-8-15(19)9-5-14/h2-12H,1H3. The quantitative estimate of drug-likeness (QED) is 0.691. The van der Waals surface area contributed by atoms with Gasteiger partial charge in [0.05, 0.1) is 5.69 Å². The van der Waals surface area contributed by atoms with E-state index < -0.39 is 10.8 Å². The average Bonchev–Trinajstić information content (AvgIpc) is 2.56. The molecule has 0 fully saturated rings. The first kappa shape index (κ1) is 14.9. The van der Waals surface area contributed by atoms with Crippen LogP contribution in [0.15, 0.2) is 71.8 Å². The molecule has 0 aliphatic heterocycles. The highest BCUT2D eigenvalue weighted by molar-refractivity contribution is 7.84. The fraction of sp³-hybridized carbons (Fsp3) is 0.0556. The van der Waals surface area contributed by atoms with Crippen molar-refractivity contribution in [1.82, 2.24) is 4.98 Å². The Morgan fingerprint density at radius 3 is 2.18 bits per heavy atom. The third-order valence-corrected chi connectivity index (χ3v) is 4.61. The van der Waals surface area contributed by atoms with Crippen LogP contribution in [0.2, 0.25) is 5.02 Å². The van der Waals surface area contributed by atoms with Gasteiger partial charge >= 0.3 is 0 Å². The number of hydrogen-bond acceptors (Lipinski definition) is 2. The molecule has 0 aliphatic rings. The van der Waals surface area contributed by atoms with Gasteiger partial charge in [-0.15, -0.1) is 0 Å². The summed E-state index contributed by atoms with van der Waals surface area (Å²) < 4.78 is 11.5. The van der Waals surface area contributed by atoms with Crippen molar-refractivity contribution in [3.05, 3.63) is 71.9 Å². The van der Waals surface area contributed by atoms with Crippen molar-refractivity contribution >= 4 is 22.4 Å². The van der Waals surface area contributed by atoms with E-state index in [1.807, 2.05) is 60.7 Å². The zero-order chi connectivity index (χ0) is 15.5. The summed E-state index contributed by atoms with van der Waals surface area (Å²) >= 11 is 5.95. The van der Waals surface area contributed by atoms with E-state index in [0.29, 0.717) is 5.02 Å². The highest BCUT2D eigenvalue weighted by Gasteiger charge is 2.09. The van der Waals surface area contributed by atoms with Crippen LogP contribution < -0.4 is 0 Å². The Bertz CT molecular complexity index is 813. The lowest BCUT2D eigenvalue weighted by atomic mass is 9.99. The maximum atomic E-state index is 11.5. The van der Waals surface area contributed by atoms with Crippen LogP contribution >= 0.6 is 11.6 Å². The van der Waals surface area contributed by atoms with Crippen LogP contribution in [0.3, 0.4) is 0 Å². The second kappa shape index (κ2) is 6.42. The van der Waals surface area contributed by atoms with E-state index in [1.54, 1.807) is 12.5 Å². The summed E-state index contributed by atoms with van der Waals surface area (Å²) in [6, 6.07) is 19.3. The van der Waals surface area contributed by atoms with E-state index in [0.717, 1.165) is 27.3 Å². The Hall–Kier alpha value is -1.97. The predicted octanol–water partition coefficient (Wildman–Crippen LogP) is 4.81. The van der Waals surface area contributed by atoms with Crippen molar-refractivity contribution in [2.45, 2.75) is 4.90 Å². The number of nitrogens with zero attached hydrogens (tertiary/aromatic N) is 1. The highest BCUT2D eigenvalue weighted by Crippen LogP contribution is 2.31. The van der Waals surface area contributed by atoms with Gasteiger partial charge < -0.3 is 0 Å². The molecular formula is C18H14ClNOS. The number of halogens is 1. The van der Waals surface area contributed by atoms with Gasteiger partial charge in [-0.3, -0.25) is 9.19 Å². The first-order valence-electron chi connectivity index (χ1n) is 6.80. The fourth-order valence-corrected chi connectivity index (χ4v) is 2.95. The molecule has 1 atom stereocenters. The molecule has 2 aromatic carbocycles. The van der Waals surface area contributed by atoms with Gasteiger partial charge in [0.15, 0.2) is 0 Å². The third kappa shape index (κ3) is 3.11. The van der Waals surface area contributed by atoms with E-state index >= 15 is 0 Å². The molecule has 0 aliphatic carbocycles. The molecular weight excluding hydrogens is 314 g/mol. The molecule has 2 nitrogen and oxygen atoms in total. The Balaban J connectivity index is 2.08. The van der Waals surface area contributed by atoms with Gasteiger partial charge in [0.1, 0.15) is 0 Å². The summed E-state index contributed by atoms with van der Waals surface area (Å²) in [5, 5.41) is 0.705. The van der Waals surface area contributed by atoms with Crippen molar-refractivity contribution in [2.24, 2.45) is 0 Å². The second-order valence-electron chi connectivity index (χ2n) is 4.88. The molecule has 0 N–H and O–H groups in total. The second-order valence-corrected chi connectivity index (χ2v) is 6.70. The Morgan fingerprint density at radius 1 is 0.909 bits per heavy atom. The van der Waals surface area contributed by atoms with E-state index in [-0.39, 0.29) is 0 Å². The van der Waals surface area contributed by atoms with Crippen LogP contribution in [-0.4, -0.2) is 15.4 Å². The SMILES string of the molecule is CS(=O)c1ccc(-c2cccnc2-c2ccc(Cl)cc2)cc1. The average molecular weight is 328 g/mol. The maximum absolute atomic E-state index is 11.5. The lowest BCUT2D eigenvalue weighted by Gasteiger charge is -2.09. The lowest BCUT2D eigenvalue weighted by Crippen LogP contribution is -1.90. The molecule has 0 saturated carbocycles. The van der Waals surface area contributed by atoms with Crippen LogP contribution in [0.5, 0.6) is 0 Å². The van der Waals surface area contributed by atoms with Gasteiger partial charge in [0.25, 0.3) is 0 Å². The normalized spacial score (nSPS) is 12.1. The smallest absolute Gasteiger partial charge is 0.0780 e. The van der Waals surface area contributed by atoms with Crippen LogP contribution in [0, 0.1) is 0 Å². The summed E-state index contributed by atoms with van der Waals surface area (Å²) in [5.74, 6) is 0. The molecule has 4 heteroatoms. The first-order chi connectivity index (χ1) is 10.6. The molecule has 0 saturated heterocycles. The van der Waals surface area contributed by atoms with E-state index in [4.69, 9.17) is 11.6 Å². The van der Waals surface area contributed by atoms with Gasteiger partial charge in [0, 0.05) is 44.3 Å². The highest BCUT2D eigenvalue weighted by atomic mass is 35.5. The molecule has 3 rings (SSSR count). The zero-order valence-electron chi connectivity index (χ0n) is 12.0. The first-order valence-corrected chi connectivity index (χ1v) is 8.73. The van der Waals surface area contributed by atoms with Gasteiger partial charge in [-0.25, -0.2) is 0 Å². The predicted molar refractivity (Wildman–Crippen MR) is 92.5 cm³/mol. The van der Waals surface area contributed by atoms with Crippen LogP contribution in [0.4, 0.5) is 0 Å². The minimum absolute atomic E-state index is 0.705. The van der Waals surface area contributed by atoms with Crippen molar-refractivity contribution in [1.29, 1.82) is 0 Å². The maximum Gasteiger partial charge on any atom is 0.0780 e. The third-order valence-electron chi connectivity index (χ3n) is 3.42. The molecule has 1 heterocycles. The summed E-state index contributed by atoms with van der Waals surface area (Å²) in [5.41, 5.74) is 4.01.